The van der Waals surface area contributed by atoms with Gasteiger partial charge >= 0.3 is 0 Å². The van der Waals surface area contributed by atoms with Crippen LogP contribution in [-0.2, 0) is 7.05 Å². The Bertz CT molecular complexity index is 553. The predicted octanol–water partition coefficient (Wildman–Crippen LogP) is 3.31. The number of aromatic nitrogens is 2. The maximum atomic E-state index is 6.13. The summed E-state index contributed by atoms with van der Waals surface area (Å²) >= 11 is 3.45. The number of anilines is 1. The molecule has 88 valence electrons. The number of nitrogen functional groups attached to an aromatic ring is 1. The Hall–Kier alpha value is -1.29. The molecule has 3 nitrogen and oxygen atoms in total. The fourth-order valence-corrected chi connectivity index (χ4v) is 2.38. The largest absolute Gasteiger partial charge is 0.383 e. The van der Waals surface area contributed by atoms with Crippen molar-refractivity contribution in [2.24, 2.45) is 7.05 Å². The second-order valence-electron chi connectivity index (χ2n) is 4.55. The van der Waals surface area contributed by atoms with E-state index in [1.807, 2.05) is 19.2 Å². The van der Waals surface area contributed by atoms with E-state index in [4.69, 9.17) is 5.73 Å². The monoisotopic (exact) mass is 291 g/mol. The molecule has 1 aromatic carbocycles. The summed E-state index contributed by atoms with van der Waals surface area (Å²) in [4.78, 5) is 0. The normalized spacial score (nSPS) is 15.2. The quantitative estimate of drug-likeness (QED) is 0.923. The van der Waals surface area contributed by atoms with Crippen LogP contribution in [0, 0.1) is 0 Å². The molecular weight excluding hydrogens is 278 g/mol. The van der Waals surface area contributed by atoms with E-state index in [0.29, 0.717) is 5.92 Å². The van der Waals surface area contributed by atoms with Crippen LogP contribution in [0.15, 0.2) is 28.7 Å². The molecule has 2 aromatic rings. The number of nitrogens with two attached hydrogens (primary N) is 1. The molecule has 1 aliphatic rings. The fraction of sp³-hybridized carbons (Fsp3) is 0.308. The molecule has 1 heterocycles. The Morgan fingerprint density at radius 3 is 2.53 bits per heavy atom. The van der Waals surface area contributed by atoms with Crippen LogP contribution in [0.5, 0.6) is 0 Å². The molecule has 0 bridgehead atoms. The van der Waals surface area contributed by atoms with Crippen molar-refractivity contribution in [2.75, 3.05) is 5.73 Å². The molecule has 17 heavy (non-hydrogen) atoms. The average Bonchev–Trinajstić information content (AvgIpc) is 3.10. The van der Waals surface area contributed by atoms with Crippen molar-refractivity contribution < 1.29 is 0 Å². The zero-order valence-electron chi connectivity index (χ0n) is 9.65. The number of benzene rings is 1. The molecule has 0 saturated heterocycles. The third kappa shape index (κ3) is 1.86. The van der Waals surface area contributed by atoms with Crippen LogP contribution in [0.2, 0.25) is 0 Å². The Kier molecular flexibility index (Phi) is 2.47. The molecule has 0 radical (unpaired) electrons. The minimum atomic E-state index is 0.608. The highest BCUT2D eigenvalue weighted by atomic mass is 79.9. The van der Waals surface area contributed by atoms with Crippen LogP contribution in [0.1, 0.15) is 24.5 Å². The molecule has 4 heteroatoms. The van der Waals surface area contributed by atoms with Gasteiger partial charge in [-0.25, -0.2) is 0 Å². The van der Waals surface area contributed by atoms with E-state index in [0.717, 1.165) is 27.1 Å². The Morgan fingerprint density at radius 2 is 1.94 bits per heavy atom. The number of halogens is 1. The van der Waals surface area contributed by atoms with Gasteiger partial charge < -0.3 is 5.73 Å². The van der Waals surface area contributed by atoms with Gasteiger partial charge in [-0.05, 0) is 30.5 Å². The Balaban J connectivity index is 2.15. The lowest BCUT2D eigenvalue weighted by atomic mass is 10.0. The molecule has 0 spiro atoms. The van der Waals surface area contributed by atoms with Gasteiger partial charge in [0, 0.05) is 23.0 Å². The van der Waals surface area contributed by atoms with Gasteiger partial charge in [-0.15, -0.1) is 0 Å². The third-order valence-electron chi connectivity index (χ3n) is 3.22. The minimum absolute atomic E-state index is 0.608. The molecule has 1 fully saturated rings. The molecule has 0 aliphatic heterocycles. The van der Waals surface area contributed by atoms with Crippen LogP contribution < -0.4 is 5.73 Å². The van der Waals surface area contributed by atoms with Crippen molar-refractivity contribution in [1.29, 1.82) is 0 Å². The van der Waals surface area contributed by atoms with Crippen LogP contribution >= 0.6 is 15.9 Å². The van der Waals surface area contributed by atoms with Crippen LogP contribution in [-0.4, -0.2) is 9.78 Å². The number of hydrogen-bond donors (Lipinski definition) is 1. The van der Waals surface area contributed by atoms with E-state index in [2.05, 4.69) is 33.2 Å². The van der Waals surface area contributed by atoms with Gasteiger partial charge in [0.15, 0.2) is 0 Å². The van der Waals surface area contributed by atoms with E-state index >= 15 is 0 Å². The molecule has 2 N–H and O–H groups in total. The van der Waals surface area contributed by atoms with Gasteiger partial charge in [0.1, 0.15) is 5.82 Å². The molecule has 0 amide bonds. The molecule has 0 unspecified atom stereocenters. The molecule has 1 aliphatic carbocycles. The molecule has 1 aromatic heterocycles. The van der Waals surface area contributed by atoms with Crippen molar-refractivity contribution in [3.8, 4) is 11.1 Å². The highest BCUT2D eigenvalue weighted by Gasteiger charge is 2.31. The van der Waals surface area contributed by atoms with E-state index in [1.54, 1.807) is 4.68 Å². The first-order chi connectivity index (χ1) is 8.16. The van der Waals surface area contributed by atoms with Crippen molar-refractivity contribution in [1.82, 2.24) is 9.78 Å². The second-order valence-corrected chi connectivity index (χ2v) is 5.47. The Morgan fingerprint density at radius 1 is 1.29 bits per heavy atom. The molecular formula is C13H14BrN3. The van der Waals surface area contributed by atoms with Crippen LogP contribution in [0.25, 0.3) is 11.1 Å². The van der Waals surface area contributed by atoms with Gasteiger partial charge in [0.2, 0.25) is 0 Å². The van der Waals surface area contributed by atoms with Gasteiger partial charge in [-0.1, -0.05) is 28.1 Å². The lowest BCUT2D eigenvalue weighted by Crippen LogP contribution is -1.97. The van der Waals surface area contributed by atoms with Crippen LogP contribution in [0.4, 0.5) is 5.82 Å². The first-order valence-electron chi connectivity index (χ1n) is 5.75. The topological polar surface area (TPSA) is 43.8 Å². The van der Waals surface area contributed by atoms with E-state index in [9.17, 15) is 0 Å². The maximum Gasteiger partial charge on any atom is 0.129 e. The van der Waals surface area contributed by atoms with Crippen molar-refractivity contribution in [2.45, 2.75) is 18.8 Å². The molecule has 1 saturated carbocycles. The fourth-order valence-electron chi connectivity index (χ4n) is 2.11. The van der Waals surface area contributed by atoms with Crippen molar-refractivity contribution in [3.05, 3.63) is 34.4 Å². The zero-order valence-corrected chi connectivity index (χ0v) is 11.2. The number of nitrogens with zero attached hydrogens (tertiary/aromatic N) is 2. The highest BCUT2D eigenvalue weighted by molar-refractivity contribution is 9.10. The molecule has 3 rings (SSSR count). The standard InChI is InChI=1S/C13H14BrN3/c1-17-13(15)11(12(16-17)9-2-3-9)8-4-6-10(14)7-5-8/h4-7,9H,2-3,15H2,1H3. The number of hydrogen-bond acceptors (Lipinski definition) is 2. The van der Waals surface area contributed by atoms with E-state index in [1.165, 1.54) is 12.8 Å². The summed E-state index contributed by atoms with van der Waals surface area (Å²) < 4.78 is 2.86. The summed E-state index contributed by atoms with van der Waals surface area (Å²) in [6, 6.07) is 8.25. The smallest absolute Gasteiger partial charge is 0.129 e. The summed E-state index contributed by atoms with van der Waals surface area (Å²) in [6.45, 7) is 0. The van der Waals surface area contributed by atoms with Crippen molar-refractivity contribution >= 4 is 21.7 Å². The molecule has 0 atom stereocenters. The highest BCUT2D eigenvalue weighted by Crippen LogP contribution is 2.45. The number of aryl methyl sites for hydroxylation is 1. The SMILES string of the molecule is Cn1nc(C2CC2)c(-c2ccc(Br)cc2)c1N. The van der Waals surface area contributed by atoms with Gasteiger partial charge in [-0.3, -0.25) is 4.68 Å². The summed E-state index contributed by atoms with van der Waals surface area (Å²) in [6.07, 6.45) is 2.47. The zero-order chi connectivity index (χ0) is 12.0. The lowest BCUT2D eigenvalue weighted by Gasteiger charge is -2.03. The second kappa shape index (κ2) is 3.88. The first kappa shape index (κ1) is 10.8. The number of rotatable bonds is 2. The first-order valence-corrected chi connectivity index (χ1v) is 6.54. The maximum absolute atomic E-state index is 6.13. The summed E-state index contributed by atoms with van der Waals surface area (Å²) in [7, 11) is 1.91. The average molecular weight is 292 g/mol. The van der Waals surface area contributed by atoms with Crippen molar-refractivity contribution in [3.63, 3.8) is 0 Å². The van der Waals surface area contributed by atoms with Gasteiger partial charge in [0.25, 0.3) is 0 Å². The predicted molar refractivity (Wildman–Crippen MR) is 72.7 cm³/mol. The lowest BCUT2D eigenvalue weighted by molar-refractivity contribution is 0.753. The Labute approximate surface area is 109 Å². The van der Waals surface area contributed by atoms with Gasteiger partial charge in [-0.2, -0.15) is 5.10 Å². The summed E-state index contributed by atoms with van der Waals surface area (Å²) in [5, 5.41) is 4.55. The van der Waals surface area contributed by atoms with Gasteiger partial charge in [0.05, 0.1) is 5.69 Å². The summed E-state index contributed by atoms with van der Waals surface area (Å²) in [5.41, 5.74) is 9.55. The minimum Gasteiger partial charge on any atom is -0.383 e. The third-order valence-corrected chi connectivity index (χ3v) is 3.74. The van der Waals surface area contributed by atoms with Crippen LogP contribution in [0.3, 0.4) is 0 Å². The van der Waals surface area contributed by atoms with E-state index in [-0.39, 0.29) is 0 Å². The van der Waals surface area contributed by atoms with E-state index < -0.39 is 0 Å². The summed E-state index contributed by atoms with van der Waals surface area (Å²) in [5.74, 6) is 1.37.